The summed E-state index contributed by atoms with van der Waals surface area (Å²) in [6.45, 7) is 3.10. The van der Waals surface area contributed by atoms with Crippen LogP contribution in [-0.2, 0) is 12.3 Å². The predicted molar refractivity (Wildman–Crippen MR) is 81.9 cm³/mol. The lowest BCUT2D eigenvalue weighted by molar-refractivity contribution is 0.874. The summed E-state index contributed by atoms with van der Waals surface area (Å²) in [6.07, 6.45) is 4.71. The van der Waals surface area contributed by atoms with E-state index in [0.29, 0.717) is 5.88 Å². The number of aromatic nitrogens is 1. The molecule has 1 aromatic heterocycles. The van der Waals surface area contributed by atoms with Crippen molar-refractivity contribution in [2.45, 2.75) is 19.2 Å². The Kier molecular flexibility index (Phi) is 4.80. The first-order valence-corrected chi connectivity index (χ1v) is 6.99. The van der Waals surface area contributed by atoms with Crippen molar-refractivity contribution < 1.29 is 0 Å². The van der Waals surface area contributed by atoms with Crippen LogP contribution in [0.1, 0.15) is 16.7 Å². The molecule has 0 saturated carbocycles. The Balaban J connectivity index is 2.00. The van der Waals surface area contributed by atoms with Gasteiger partial charge in [0.1, 0.15) is 0 Å². The molecule has 0 spiro atoms. The van der Waals surface area contributed by atoms with Crippen molar-refractivity contribution in [3.63, 3.8) is 0 Å². The molecule has 2 aromatic rings. The van der Waals surface area contributed by atoms with Crippen LogP contribution in [0.4, 0.5) is 5.69 Å². The van der Waals surface area contributed by atoms with Crippen molar-refractivity contribution in [2.75, 3.05) is 18.5 Å². The van der Waals surface area contributed by atoms with Gasteiger partial charge in [0.05, 0.1) is 0 Å². The minimum atomic E-state index is 0.576. The smallest absolute Gasteiger partial charge is 0.0476 e. The molecule has 2 rings (SSSR count). The maximum absolute atomic E-state index is 5.89. The fourth-order valence-corrected chi connectivity index (χ4v) is 2.34. The molecule has 0 aliphatic heterocycles. The number of alkyl halides is 1. The first kappa shape index (κ1) is 13.9. The monoisotopic (exact) mass is 274 g/mol. The molecule has 0 unspecified atom stereocenters. The highest BCUT2D eigenvalue weighted by atomic mass is 35.5. The second kappa shape index (κ2) is 6.58. The van der Waals surface area contributed by atoms with Gasteiger partial charge in [-0.25, -0.2) is 0 Å². The van der Waals surface area contributed by atoms with Gasteiger partial charge in [0.25, 0.3) is 0 Å². The number of likely N-dealkylation sites (N-methyl/N-ethyl adjacent to an activating group) is 1. The standard InChI is InChI=1S/C16H19ClN2/c1-13-11-16(4-3-15(13)12-17)19(2)10-7-14-5-8-18-9-6-14/h3-6,8-9,11H,7,10,12H2,1-2H3. The molecule has 0 fully saturated rings. The minimum Gasteiger partial charge on any atom is -0.374 e. The maximum Gasteiger partial charge on any atom is 0.0476 e. The highest BCUT2D eigenvalue weighted by molar-refractivity contribution is 6.17. The zero-order chi connectivity index (χ0) is 13.7. The maximum atomic E-state index is 5.89. The molecule has 0 N–H and O–H groups in total. The predicted octanol–water partition coefficient (Wildman–Crippen LogP) is 3.81. The molecule has 0 aliphatic rings. The molecule has 1 heterocycles. The summed E-state index contributed by atoms with van der Waals surface area (Å²) in [4.78, 5) is 6.30. The van der Waals surface area contributed by atoms with Crippen molar-refractivity contribution in [1.29, 1.82) is 0 Å². The summed E-state index contributed by atoms with van der Waals surface area (Å²) >= 11 is 5.89. The normalized spacial score (nSPS) is 10.5. The number of nitrogens with zero attached hydrogens (tertiary/aromatic N) is 2. The van der Waals surface area contributed by atoms with Gasteiger partial charge in [0.15, 0.2) is 0 Å². The highest BCUT2D eigenvalue weighted by Crippen LogP contribution is 2.19. The van der Waals surface area contributed by atoms with Gasteiger partial charge in [-0.3, -0.25) is 4.98 Å². The molecule has 0 aliphatic carbocycles. The Morgan fingerprint density at radius 2 is 1.89 bits per heavy atom. The van der Waals surface area contributed by atoms with E-state index in [-0.39, 0.29) is 0 Å². The molecular weight excluding hydrogens is 256 g/mol. The van der Waals surface area contributed by atoms with Gasteiger partial charge in [0.2, 0.25) is 0 Å². The van der Waals surface area contributed by atoms with Crippen molar-refractivity contribution in [2.24, 2.45) is 0 Å². The molecule has 2 nitrogen and oxygen atoms in total. The number of hydrogen-bond donors (Lipinski definition) is 0. The quantitative estimate of drug-likeness (QED) is 0.771. The van der Waals surface area contributed by atoms with Gasteiger partial charge in [-0.2, -0.15) is 0 Å². The van der Waals surface area contributed by atoms with Crippen molar-refractivity contribution >= 4 is 17.3 Å². The molecule has 0 radical (unpaired) electrons. The summed E-state index contributed by atoms with van der Waals surface area (Å²) in [6, 6.07) is 10.6. The Morgan fingerprint density at radius 3 is 2.53 bits per heavy atom. The van der Waals surface area contributed by atoms with Crippen LogP contribution in [0.2, 0.25) is 0 Å². The first-order valence-electron chi connectivity index (χ1n) is 6.46. The molecule has 1 aromatic carbocycles. The van der Waals surface area contributed by atoms with Gasteiger partial charge in [-0.1, -0.05) is 6.07 Å². The van der Waals surface area contributed by atoms with E-state index >= 15 is 0 Å². The van der Waals surface area contributed by atoms with E-state index < -0.39 is 0 Å². The van der Waals surface area contributed by atoms with Crippen LogP contribution in [0.5, 0.6) is 0 Å². The van der Waals surface area contributed by atoms with Gasteiger partial charge < -0.3 is 4.90 Å². The number of pyridine rings is 1. The lowest BCUT2D eigenvalue weighted by Gasteiger charge is -2.20. The molecule has 0 atom stereocenters. The van der Waals surface area contributed by atoms with Crippen LogP contribution in [0.15, 0.2) is 42.7 Å². The molecular formula is C16H19ClN2. The SMILES string of the molecule is Cc1cc(N(C)CCc2ccncc2)ccc1CCl. The van der Waals surface area contributed by atoms with Crippen molar-refractivity contribution in [3.05, 3.63) is 59.4 Å². The van der Waals surface area contributed by atoms with E-state index in [1.807, 2.05) is 12.4 Å². The van der Waals surface area contributed by atoms with Crippen LogP contribution in [0.3, 0.4) is 0 Å². The van der Waals surface area contributed by atoms with Crippen LogP contribution in [0, 0.1) is 6.92 Å². The first-order chi connectivity index (χ1) is 9.20. The van der Waals surface area contributed by atoms with Crippen molar-refractivity contribution in [3.8, 4) is 0 Å². The molecule has 19 heavy (non-hydrogen) atoms. The third kappa shape index (κ3) is 3.71. The molecule has 100 valence electrons. The molecule has 0 amide bonds. The number of halogens is 1. The number of rotatable bonds is 5. The Morgan fingerprint density at radius 1 is 1.16 bits per heavy atom. The second-order valence-electron chi connectivity index (χ2n) is 4.77. The van der Waals surface area contributed by atoms with E-state index in [1.165, 1.54) is 22.4 Å². The van der Waals surface area contributed by atoms with E-state index in [2.05, 4.69) is 54.2 Å². The van der Waals surface area contributed by atoms with Gasteiger partial charge in [0, 0.05) is 37.6 Å². The minimum absolute atomic E-state index is 0.576. The Hall–Kier alpha value is -1.54. The van der Waals surface area contributed by atoms with Crippen LogP contribution in [-0.4, -0.2) is 18.6 Å². The third-order valence-electron chi connectivity index (χ3n) is 3.40. The van der Waals surface area contributed by atoms with E-state index in [9.17, 15) is 0 Å². The van der Waals surface area contributed by atoms with E-state index in [4.69, 9.17) is 11.6 Å². The number of benzene rings is 1. The summed E-state index contributed by atoms with van der Waals surface area (Å²) in [5, 5.41) is 0. The number of hydrogen-bond acceptors (Lipinski definition) is 2. The summed E-state index contributed by atoms with van der Waals surface area (Å²) in [7, 11) is 2.12. The summed E-state index contributed by atoms with van der Waals surface area (Å²) in [5.74, 6) is 0.576. The second-order valence-corrected chi connectivity index (χ2v) is 5.04. The lowest BCUT2D eigenvalue weighted by atomic mass is 10.1. The topological polar surface area (TPSA) is 16.1 Å². The fraction of sp³-hybridized carbons (Fsp3) is 0.312. The van der Waals surface area contributed by atoms with Gasteiger partial charge in [-0.15, -0.1) is 11.6 Å². The van der Waals surface area contributed by atoms with Gasteiger partial charge >= 0.3 is 0 Å². The molecule has 3 heteroatoms. The average Bonchev–Trinajstić information content (AvgIpc) is 2.45. The van der Waals surface area contributed by atoms with Gasteiger partial charge in [-0.05, 0) is 54.3 Å². The molecule has 0 saturated heterocycles. The zero-order valence-corrected chi connectivity index (χ0v) is 12.2. The highest BCUT2D eigenvalue weighted by Gasteiger charge is 2.04. The van der Waals surface area contributed by atoms with E-state index in [1.54, 1.807) is 0 Å². The van der Waals surface area contributed by atoms with E-state index in [0.717, 1.165) is 13.0 Å². The Bertz CT molecular complexity index is 526. The summed E-state index contributed by atoms with van der Waals surface area (Å²) < 4.78 is 0. The Labute approximate surface area is 120 Å². The average molecular weight is 275 g/mol. The number of aryl methyl sites for hydroxylation is 1. The summed E-state index contributed by atoms with van der Waals surface area (Å²) in [5.41, 5.74) is 5.01. The lowest BCUT2D eigenvalue weighted by Crippen LogP contribution is -2.20. The fourth-order valence-electron chi connectivity index (χ4n) is 2.04. The molecule has 0 bridgehead atoms. The van der Waals surface area contributed by atoms with Crippen LogP contribution < -0.4 is 4.90 Å². The van der Waals surface area contributed by atoms with Crippen molar-refractivity contribution in [1.82, 2.24) is 4.98 Å². The zero-order valence-electron chi connectivity index (χ0n) is 11.4. The van der Waals surface area contributed by atoms with Crippen LogP contribution >= 0.6 is 11.6 Å². The number of anilines is 1. The largest absolute Gasteiger partial charge is 0.374 e. The van der Waals surface area contributed by atoms with Crippen LogP contribution in [0.25, 0.3) is 0 Å². The third-order valence-corrected chi connectivity index (χ3v) is 3.68.